The molecule has 2 rings (SSSR count). The van der Waals surface area contributed by atoms with Gasteiger partial charge < -0.3 is 11.1 Å². The van der Waals surface area contributed by atoms with Gasteiger partial charge in [0.05, 0.1) is 16.4 Å². The van der Waals surface area contributed by atoms with E-state index in [0.717, 1.165) is 0 Å². The highest BCUT2D eigenvalue weighted by Crippen LogP contribution is 2.32. The standard InChI is InChI=1S/C13H10Cl2N2O/c14-9-6-10(15)12(11(16)7-9)17-13(18)8-4-2-1-3-5-8/h1-7H,16H2,(H,17,18). The molecule has 0 aliphatic carbocycles. The van der Waals surface area contributed by atoms with Gasteiger partial charge in [-0.1, -0.05) is 41.4 Å². The number of nitrogen functional groups attached to an aromatic ring is 1. The van der Waals surface area contributed by atoms with Crippen LogP contribution in [0.1, 0.15) is 10.4 Å². The Morgan fingerprint density at radius 3 is 2.39 bits per heavy atom. The number of nitrogens with two attached hydrogens (primary N) is 1. The Morgan fingerprint density at radius 1 is 1.11 bits per heavy atom. The number of anilines is 2. The Kier molecular flexibility index (Phi) is 3.75. The Morgan fingerprint density at radius 2 is 1.78 bits per heavy atom. The van der Waals surface area contributed by atoms with Crippen LogP contribution < -0.4 is 11.1 Å². The number of carbonyl (C=O) groups excluding carboxylic acids is 1. The van der Waals surface area contributed by atoms with Gasteiger partial charge in [0.25, 0.3) is 5.91 Å². The van der Waals surface area contributed by atoms with Crippen molar-refractivity contribution in [1.82, 2.24) is 0 Å². The van der Waals surface area contributed by atoms with Crippen LogP contribution in [0.25, 0.3) is 0 Å². The maximum atomic E-state index is 11.9. The molecule has 0 spiro atoms. The van der Waals surface area contributed by atoms with Crippen LogP contribution in [0.15, 0.2) is 42.5 Å². The molecule has 2 aromatic carbocycles. The molecule has 5 heteroatoms. The quantitative estimate of drug-likeness (QED) is 0.822. The summed E-state index contributed by atoms with van der Waals surface area (Å²) in [6, 6.07) is 11.9. The molecule has 92 valence electrons. The lowest BCUT2D eigenvalue weighted by Gasteiger charge is -2.10. The van der Waals surface area contributed by atoms with E-state index in [0.29, 0.717) is 27.0 Å². The van der Waals surface area contributed by atoms with E-state index in [1.807, 2.05) is 6.07 Å². The molecule has 0 fully saturated rings. The maximum absolute atomic E-state index is 11.9. The van der Waals surface area contributed by atoms with Gasteiger partial charge in [-0.2, -0.15) is 0 Å². The summed E-state index contributed by atoms with van der Waals surface area (Å²) in [5, 5.41) is 3.40. The van der Waals surface area contributed by atoms with E-state index in [2.05, 4.69) is 5.32 Å². The average molecular weight is 281 g/mol. The third-order valence-corrected chi connectivity index (χ3v) is 2.88. The summed E-state index contributed by atoms with van der Waals surface area (Å²) >= 11 is 11.8. The molecule has 0 heterocycles. The van der Waals surface area contributed by atoms with Gasteiger partial charge in [-0.25, -0.2) is 0 Å². The molecule has 0 radical (unpaired) electrons. The minimum Gasteiger partial charge on any atom is -0.397 e. The first kappa shape index (κ1) is 12.7. The first-order valence-corrected chi connectivity index (χ1v) is 5.94. The van der Waals surface area contributed by atoms with Crippen molar-refractivity contribution in [2.75, 3.05) is 11.1 Å². The molecule has 3 N–H and O–H groups in total. The maximum Gasteiger partial charge on any atom is 0.255 e. The molecular formula is C13H10Cl2N2O. The van der Waals surface area contributed by atoms with Crippen LogP contribution in [0.2, 0.25) is 10.0 Å². The van der Waals surface area contributed by atoms with Gasteiger partial charge in [-0.3, -0.25) is 4.79 Å². The van der Waals surface area contributed by atoms with E-state index < -0.39 is 0 Å². The van der Waals surface area contributed by atoms with E-state index >= 15 is 0 Å². The molecule has 0 aliphatic rings. The summed E-state index contributed by atoms with van der Waals surface area (Å²) in [6.45, 7) is 0. The second-order valence-electron chi connectivity index (χ2n) is 3.67. The third-order valence-electron chi connectivity index (χ3n) is 2.36. The largest absolute Gasteiger partial charge is 0.397 e. The summed E-state index contributed by atoms with van der Waals surface area (Å²) in [5.74, 6) is -0.272. The highest BCUT2D eigenvalue weighted by atomic mass is 35.5. The van der Waals surface area contributed by atoms with Gasteiger partial charge in [0.1, 0.15) is 0 Å². The lowest BCUT2D eigenvalue weighted by Crippen LogP contribution is -2.13. The average Bonchev–Trinajstić information content (AvgIpc) is 2.34. The number of halogens is 2. The smallest absolute Gasteiger partial charge is 0.255 e. The third kappa shape index (κ3) is 2.75. The summed E-state index contributed by atoms with van der Waals surface area (Å²) in [5.41, 5.74) is 7.00. The zero-order chi connectivity index (χ0) is 13.1. The number of nitrogens with one attached hydrogen (secondary N) is 1. The summed E-state index contributed by atoms with van der Waals surface area (Å²) < 4.78 is 0. The molecule has 0 aliphatic heterocycles. The minimum absolute atomic E-state index is 0.272. The number of rotatable bonds is 2. The second kappa shape index (κ2) is 5.29. The first-order valence-electron chi connectivity index (χ1n) is 5.19. The van der Waals surface area contributed by atoms with Crippen LogP contribution in [0, 0.1) is 0 Å². The fraction of sp³-hybridized carbons (Fsp3) is 0. The van der Waals surface area contributed by atoms with Crippen molar-refractivity contribution in [1.29, 1.82) is 0 Å². The number of benzene rings is 2. The number of carbonyl (C=O) groups is 1. The van der Waals surface area contributed by atoms with E-state index in [-0.39, 0.29) is 5.91 Å². The van der Waals surface area contributed by atoms with Gasteiger partial charge in [-0.15, -0.1) is 0 Å². The monoisotopic (exact) mass is 280 g/mol. The summed E-state index contributed by atoms with van der Waals surface area (Å²) in [4.78, 5) is 11.9. The predicted octanol–water partition coefficient (Wildman–Crippen LogP) is 3.83. The van der Waals surface area contributed by atoms with E-state index in [1.165, 1.54) is 12.1 Å². The van der Waals surface area contributed by atoms with Gasteiger partial charge in [0.2, 0.25) is 0 Å². The van der Waals surface area contributed by atoms with Crippen molar-refractivity contribution in [2.45, 2.75) is 0 Å². The van der Waals surface area contributed by atoms with Gasteiger partial charge in [0, 0.05) is 10.6 Å². The molecule has 0 atom stereocenters. The lowest BCUT2D eigenvalue weighted by molar-refractivity contribution is 0.102. The van der Waals surface area contributed by atoms with Gasteiger partial charge in [-0.05, 0) is 24.3 Å². The fourth-order valence-electron chi connectivity index (χ4n) is 1.50. The zero-order valence-electron chi connectivity index (χ0n) is 9.28. The van der Waals surface area contributed by atoms with Crippen LogP contribution in [-0.4, -0.2) is 5.91 Å². The molecule has 1 amide bonds. The summed E-state index contributed by atoms with van der Waals surface area (Å²) in [7, 11) is 0. The Balaban J connectivity index is 2.28. The number of hydrogen-bond acceptors (Lipinski definition) is 2. The van der Waals surface area contributed by atoms with Crippen LogP contribution >= 0.6 is 23.2 Å². The Labute approximate surface area is 115 Å². The zero-order valence-corrected chi connectivity index (χ0v) is 10.8. The molecule has 2 aromatic rings. The van der Waals surface area contributed by atoms with Gasteiger partial charge in [0.15, 0.2) is 0 Å². The van der Waals surface area contributed by atoms with Crippen molar-refractivity contribution in [3.8, 4) is 0 Å². The number of amides is 1. The van der Waals surface area contributed by atoms with Crippen molar-refractivity contribution < 1.29 is 4.79 Å². The second-order valence-corrected chi connectivity index (χ2v) is 4.52. The molecule has 0 bridgehead atoms. The molecule has 0 unspecified atom stereocenters. The van der Waals surface area contributed by atoms with Crippen LogP contribution in [0.5, 0.6) is 0 Å². The molecule has 18 heavy (non-hydrogen) atoms. The number of hydrogen-bond donors (Lipinski definition) is 2. The normalized spacial score (nSPS) is 10.1. The van der Waals surface area contributed by atoms with Crippen molar-refractivity contribution >= 4 is 40.5 Å². The molecule has 0 aromatic heterocycles. The van der Waals surface area contributed by atoms with E-state index in [4.69, 9.17) is 28.9 Å². The Bertz CT molecular complexity index is 562. The molecular weight excluding hydrogens is 271 g/mol. The fourth-order valence-corrected chi connectivity index (χ4v) is 2.06. The van der Waals surface area contributed by atoms with E-state index in [1.54, 1.807) is 24.3 Å². The van der Waals surface area contributed by atoms with Crippen molar-refractivity contribution in [3.05, 3.63) is 58.1 Å². The van der Waals surface area contributed by atoms with E-state index in [9.17, 15) is 4.79 Å². The highest BCUT2D eigenvalue weighted by molar-refractivity contribution is 6.37. The predicted molar refractivity (Wildman–Crippen MR) is 75.3 cm³/mol. The minimum atomic E-state index is -0.272. The Hall–Kier alpha value is -1.71. The lowest BCUT2D eigenvalue weighted by atomic mass is 10.2. The van der Waals surface area contributed by atoms with Crippen molar-refractivity contribution in [2.24, 2.45) is 0 Å². The van der Waals surface area contributed by atoms with Gasteiger partial charge >= 0.3 is 0 Å². The van der Waals surface area contributed by atoms with Crippen LogP contribution in [-0.2, 0) is 0 Å². The molecule has 0 saturated heterocycles. The molecule has 0 saturated carbocycles. The van der Waals surface area contributed by atoms with Crippen molar-refractivity contribution in [3.63, 3.8) is 0 Å². The van der Waals surface area contributed by atoms with Crippen LogP contribution in [0.3, 0.4) is 0 Å². The topological polar surface area (TPSA) is 55.1 Å². The highest BCUT2D eigenvalue weighted by Gasteiger charge is 2.11. The summed E-state index contributed by atoms with van der Waals surface area (Å²) in [6.07, 6.45) is 0. The first-order chi connectivity index (χ1) is 8.58. The SMILES string of the molecule is Nc1cc(Cl)cc(Cl)c1NC(=O)c1ccccc1. The van der Waals surface area contributed by atoms with Crippen LogP contribution in [0.4, 0.5) is 11.4 Å². The molecule has 3 nitrogen and oxygen atoms in total.